The number of thiophene rings is 1. The topological polar surface area (TPSA) is 70.4 Å². The molecular weight excluding hydrogens is 503 g/mol. The van der Waals surface area contributed by atoms with Crippen molar-refractivity contribution in [3.8, 4) is 22.3 Å². The van der Waals surface area contributed by atoms with Crippen LogP contribution in [0.5, 0.6) is 5.75 Å². The van der Waals surface area contributed by atoms with Gasteiger partial charge in [-0.1, -0.05) is 47.5 Å². The molecule has 2 aromatic carbocycles. The number of nitrogens with zero attached hydrogens (tertiary/aromatic N) is 3. The van der Waals surface area contributed by atoms with Gasteiger partial charge in [0.2, 0.25) is 0 Å². The van der Waals surface area contributed by atoms with Gasteiger partial charge in [-0.2, -0.15) is 5.26 Å². The first-order valence-corrected chi connectivity index (χ1v) is 12.6. The Bertz CT molecular complexity index is 1410. The van der Waals surface area contributed by atoms with Gasteiger partial charge in [0.15, 0.2) is 0 Å². The summed E-state index contributed by atoms with van der Waals surface area (Å²) in [7, 11) is 1.54. The average molecular weight is 525 g/mol. The van der Waals surface area contributed by atoms with E-state index in [1.165, 1.54) is 5.56 Å². The summed E-state index contributed by atoms with van der Waals surface area (Å²) in [5.74, 6) is 0.492. The Labute approximate surface area is 217 Å². The number of ether oxygens (including phenoxy) is 2. The number of methoxy groups -OCH3 is 1. The Kier molecular flexibility index (Phi) is 7.09. The molecule has 35 heavy (non-hydrogen) atoms. The zero-order valence-electron chi connectivity index (χ0n) is 19.0. The molecule has 3 heterocycles. The molecule has 2 aromatic heterocycles. The van der Waals surface area contributed by atoms with Gasteiger partial charge in [0, 0.05) is 36.8 Å². The third-order valence-corrected chi connectivity index (χ3v) is 7.71. The first kappa shape index (κ1) is 23.9. The van der Waals surface area contributed by atoms with Crippen LogP contribution in [0.1, 0.15) is 11.1 Å². The number of nitriles is 1. The number of fused-ring (bicyclic) bond motifs is 1. The lowest BCUT2D eigenvalue weighted by Crippen LogP contribution is -2.35. The predicted octanol–water partition coefficient (Wildman–Crippen LogP) is 6.73. The highest BCUT2D eigenvalue weighted by Gasteiger charge is 2.17. The zero-order valence-corrected chi connectivity index (χ0v) is 21.3. The summed E-state index contributed by atoms with van der Waals surface area (Å²) in [4.78, 5) is 7.99. The van der Waals surface area contributed by atoms with Crippen molar-refractivity contribution < 1.29 is 9.47 Å². The van der Waals surface area contributed by atoms with E-state index in [4.69, 9.17) is 32.7 Å². The first-order chi connectivity index (χ1) is 17.1. The third-order valence-electron chi connectivity index (χ3n) is 5.91. The van der Waals surface area contributed by atoms with Crippen molar-refractivity contribution in [2.45, 2.75) is 6.54 Å². The van der Waals surface area contributed by atoms with E-state index in [0.29, 0.717) is 32.7 Å². The molecule has 1 N–H and O–H groups in total. The maximum Gasteiger partial charge on any atom is 0.139 e. The minimum absolute atomic E-state index is 0.416. The maximum atomic E-state index is 9.74. The number of aromatic nitrogens is 1. The Hall–Kier alpha value is -2.86. The summed E-state index contributed by atoms with van der Waals surface area (Å²) in [5, 5.41) is 13.9. The molecule has 5 rings (SSSR count). The van der Waals surface area contributed by atoms with Gasteiger partial charge in [-0.15, -0.1) is 11.3 Å². The van der Waals surface area contributed by atoms with Crippen LogP contribution in [0.3, 0.4) is 0 Å². The SMILES string of the molecule is COc1cc(Nc2c(C#N)cnc3cc(-c4ccc(CN5CCOCC5)cc4)sc23)c(Cl)cc1Cl. The van der Waals surface area contributed by atoms with Gasteiger partial charge in [-0.25, -0.2) is 0 Å². The van der Waals surface area contributed by atoms with Crippen molar-refractivity contribution in [1.29, 1.82) is 5.26 Å². The number of hydrogen-bond acceptors (Lipinski definition) is 7. The highest BCUT2D eigenvalue weighted by molar-refractivity contribution is 7.22. The normalized spacial score (nSPS) is 14.1. The third kappa shape index (κ3) is 5.08. The number of pyridine rings is 1. The molecule has 1 saturated heterocycles. The van der Waals surface area contributed by atoms with Crippen LogP contribution in [0.4, 0.5) is 11.4 Å². The van der Waals surface area contributed by atoms with E-state index in [2.05, 4.69) is 45.5 Å². The number of rotatable bonds is 6. The number of morpholine rings is 1. The van der Waals surface area contributed by atoms with E-state index >= 15 is 0 Å². The minimum Gasteiger partial charge on any atom is -0.495 e. The molecule has 0 unspecified atom stereocenters. The Balaban J connectivity index is 1.47. The fraction of sp³-hybridized carbons (Fsp3) is 0.231. The molecule has 0 spiro atoms. The molecule has 9 heteroatoms. The summed E-state index contributed by atoms with van der Waals surface area (Å²) in [5.41, 5.74) is 4.87. The highest BCUT2D eigenvalue weighted by atomic mass is 35.5. The van der Waals surface area contributed by atoms with Gasteiger partial charge in [-0.05, 0) is 23.3 Å². The number of anilines is 2. The van der Waals surface area contributed by atoms with Gasteiger partial charge in [0.1, 0.15) is 11.8 Å². The summed E-state index contributed by atoms with van der Waals surface area (Å²) in [6.45, 7) is 4.43. The Morgan fingerprint density at radius 2 is 1.91 bits per heavy atom. The molecule has 178 valence electrons. The van der Waals surface area contributed by atoms with Gasteiger partial charge in [0.25, 0.3) is 0 Å². The molecule has 0 atom stereocenters. The molecule has 0 saturated carbocycles. The molecule has 1 aliphatic rings. The van der Waals surface area contributed by atoms with E-state index in [-0.39, 0.29) is 0 Å². The molecule has 4 aromatic rings. The fourth-order valence-corrected chi connectivity index (χ4v) is 5.67. The van der Waals surface area contributed by atoms with Gasteiger partial charge >= 0.3 is 0 Å². The predicted molar refractivity (Wildman–Crippen MR) is 142 cm³/mol. The second kappa shape index (κ2) is 10.4. The molecule has 0 bridgehead atoms. The van der Waals surface area contributed by atoms with E-state index in [0.717, 1.165) is 53.5 Å². The molecule has 1 fully saturated rings. The number of hydrogen-bond donors (Lipinski definition) is 1. The average Bonchev–Trinajstić information content (AvgIpc) is 3.31. The molecule has 0 amide bonds. The van der Waals surface area contributed by atoms with Crippen LogP contribution in [0.2, 0.25) is 10.0 Å². The Morgan fingerprint density at radius 1 is 1.14 bits per heavy atom. The first-order valence-electron chi connectivity index (χ1n) is 11.1. The van der Waals surface area contributed by atoms with Crippen LogP contribution in [-0.4, -0.2) is 43.3 Å². The van der Waals surface area contributed by atoms with Crippen molar-refractivity contribution in [1.82, 2.24) is 9.88 Å². The molecule has 0 aliphatic carbocycles. The smallest absolute Gasteiger partial charge is 0.139 e. The lowest BCUT2D eigenvalue weighted by Gasteiger charge is -2.26. The standard InChI is InChI=1S/C26H22Cl2N4O2S/c1-33-23-11-21(19(27)10-20(23)28)31-25-18(13-29)14-30-22-12-24(35-26(22)25)17-4-2-16(3-5-17)15-32-6-8-34-9-7-32/h2-5,10-12,14H,6-9,15H2,1H3,(H,30,31). The zero-order chi connectivity index (χ0) is 24.4. The lowest BCUT2D eigenvalue weighted by molar-refractivity contribution is 0.0342. The summed E-state index contributed by atoms with van der Waals surface area (Å²) in [6, 6.07) is 16.2. The Morgan fingerprint density at radius 3 is 2.63 bits per heavy atom. The summed E-state index contributed by atoms with van der Waals surface area (Å²) in [6.07, 6.45) is 1.58. The van der Waals surface area contributed by atoms with E-state index in [1.54, 1.807) is 36.8 Å². The summed E-state index contributed by atoms with van der Waals surface area (Å²) < 4.78 is 11.6. The van der Waals surface area contributed by atoms with Gasteiger partial charge < -0.3 is 14.8 Å². The second-order valence-corrected chi connectivity index (χ2v) is 10.0. The van der Waals surface area contributed by atoms with Crippen molar-refractivity contribution in [3.63, 3.8) is 0 Å². The van der Waals surface area contributed by atoms with Crippen molar-refractivity contribution in [3.05, 3.63) is 69.8 Å². The van der Waals surface area contributed by atoms with Crippen LogP contribution in [-0.2, 0) is 11.3 Å². The molecule has 6 nitrogen and oxygen atoms in total. The van der Waals surface area contributed by atoms with Crippen LogP contribution in [0, 0.1) is 11.3 Å². The van der Waals surface area contributed by atoms with Crippen LogP contribution >= 0.6 is 34.5 Å². The summed E-state index contributed by atoms with van der Waals surface area (Å²) >= 11 is 14.2. The highest BCUT2D eigenvalue weighted by Crippen LogP contribution is 2.41. The molecular formula is C26H22Cl2N4O2S. The monoisotopic (exact) mass is 524 g/mol. The quantitative estimate of drug-likeness (QED) is 0.301. The number of benzene rings is 2. The second-order valence-electron chi connectivity index (χ2n) is 8.16. The fourth-order valence-electron chi connectivity index (χ4n) is 4.04. The maximum absolute atomic E-state index is 9.74. The van der Waals surface area contributed by atoms with E-state index in [1.807, 2.05) is 6.07 Å². The van der Waals surface area contributed by atoms with Crippen LogP contribution in [0.15, 0.2) is 48.7 Å². The van der Waals surface area contributed by atoms with Gasteiger partial charge in [-0.3, -0.25) is 9.88 Å². The minimum atomic E-state index is 0.416. The van der Waals surface area contributed by atoms with E-state index < -0.39 is 0 Å². The molecule has 0 radical (unpaired) electrons. The van der Waals surface area contributed by atoms with Crippen LogP contribution < -0.4 is 10.1 Å². The van der Waals surface area contributed by atoms with Crippen molar-refractivity contribution >= 4 is 56.1 Å². The van der Waals surface area contributed by atoms with Crippen molar-refractivity contribution in [2.24, 2.45) is 0 Å². The number of halogens is 2. The van der Waals surface area contributed by atoms with Crippen LogP contribution in [0.25, 0.3) is 20.7 Å². The largest absolute Gasteiger partial charge is 0.495 e. The van der Waals surface area contributed by atoms with Gasteiger partial charge in [0.05, 0.1) is 57.5 Å². The van der Waals surface area contributed by atoms with Crippen molar-refractivity contribution in [2.75, 3.05) is 38.7 Å². The number of nitrogens with one attached hydrogen (secondary N) is 1. The lowest BCUT2D eigenvalue weighted by atomic mass is 10.1. The van der Waals surface area contributed by atoms with E-state index in [9.17, 15) is 5.26 Å². The molecule has 1 aliphatic heterocycles.